The third-order valence-electron chi connectivity index (χ3n) is 4.34. The molecule has 1 aliphatic heterocycles. The van der Waals surface area contributed by atoms with E-state index in [9.17, 15) is 4.79 Å². The summed E-state index contributed by atoms with van der Waals surface area (Å²) in [5, 5.41) is 3.56. The quantitative estimate of drug-likeness (QED) is 0.673. The van der Waals surface area contributed by atoms with Crippen molar-refractivity contribution >= 4 is 5.78 Å². The maximum Gasteiger partial charge on any atom is 0.160 e. The Balaban J connectivity index is 3.10. The monoisotopic (exact) mass is 303 g/mol. The van der Waals surface area contributed by atoms with Crippen molar-refractivity contribution in [2.45, 2.75) is 79.2 Å². The number of ketones is 1. The third-order valence-corrected chi connectivity index (χ3v) is 4.34. The molecule has 124 valence electrons. The molecular weight excluding hydrogens is 270 g/mol. The summed E-state index contributed by atoms with van der Waals surface area (Å²) in [6, 6.07) is 0. The highest BCUT2D eigenvalue weighted by Gasteiger charge is 2.29. The molecule has 0 aromatic carbocycles. The molecule has 2 nitrogen and oxygen atoms in total. The first-order chi connectivity index (χ1) is 10.4. The Morgan fingerprint density at radius 2 is 1.77 bits per heavy atom. The first kappa shape index (κ1) is 18.7. The summed E-state index contributed by atoms with van der Waals surface area (Å²) in [7, 11) is 0. The zero-order valence-corrected chi connectivity index (χ0v) is 15.3. The highest BCUT2D eigenvalue weighted by atomic mass is 16.1. The molecule has 0 aliphatic carbocycles. The van der Waals surface area contributed by atoms with E-state index in [0.29, 0.717) is 0 Å². The Bertz CT molecular complexity index is 474. The summed E-state index contributed by atoms with van der Waals surface area (Å²) in [4.78, 5) is 12.7. The van der Waals surface area contributed by atoms with Crippen molar-refractivity contribution < 1.29 is 4.79 Å². The fraction of sp³-hybridized carbons (Fsp3) is 0.650. The van der Waals surface area contributed by atoms with Gasteiger partial charge in [-0.15, -0.1) is 0 Å². The fourth-order valence-electron chi connectivity index (χ4n) is 3.32. The average Bonchev–Trinajstić information content (AvgIpc) is 2.45. The number of hydrogen-bond donors (Lipinski definition) is 1. The Morgan fingerprint density at radius 1 is 1.18 bits per heavy atom. The molecule has 1 rings (SSSR count). The molecule has 1 heterocycles. The molecule has 0 unspecified atom stereocenters. The molecule has 1 saturated heterocycles. The predicted molar refractivity (Wildman–Crippen MR) is 95.7 cm³/mol. The lowest BCUT2D eigenvalue weighted by molar-refractivity contribution is -0.118. The number of carbonyl (C=O) groups excluding carboxylic acids is 1. The molecule has 22 heavy (non-hydrogen) atoms. The van der Waals surface area contributed by atoms with Crippen LogP contribution >= 0.6 is 0 Å². The van der Waals surface area contributed by atoms with Crippen molar-refractivity contribution in [1.82, 2.24) is 5.32 Å². The number of piperidine rings is 1. The molecule has 0 saturated carbocycles. The summed E-state index contributed by atoms with van der Waals surface area (Å²) < 4.78 is 0. The van der Waals surface area contributed by atoms with Gasteiger partial charge in [-0.1, -0.05) is 38.8 Å². The summed E-state index contributed by atoms with van der Waals surface area (Å²) >= 11 is 0. The highest BCUT2D eigenvalue weighted by Crippen LogP contribution is 2.33. The molecule has 1 N–H and O–H groups in total. The molecule has 0 bridgehead atoms. The second-order valence-corrected chi connectivity index (χ2v) is 6.94. The third kappa shape index (κ3) is 4.86. The predicted octanol–water partition coefficient (Wildman–Crippen LogP) is 5.32. The second-order valence-electron chi connectivity index (χ2n) is 6.94. The summed E-state index contributed by atoms with van der Waals surface area (Å²) in [6.45, 7) is 12.8. The maximum absolute atomic E-state index is 12.7. The minimum atomic E-state index is -0.00846. The van der Waals surface area contributed by atoms with Gasteiger partial charge in [-0.25, -0.2) is 0 Å². The molecule has 2 heteroatoms. The summed E-state index contributed by atoms with van der Waals surface area (Å²) in [5.41, 5.74) is 3.50. The van der Waals surface area contributed by atoms with E-state index in [2.05, 4.69) is 52.1 Å². The van der Waals surface area contributed by atoms with Gasteiger partial charge in [0.15, 0.2) is 5.78 Å². The lowest BCUT2D eigenvalue weighted by atomic mass is 9.82. The van der Waals surface area contributed by atoms with E-state index in [0.717, 1.165) is 37.8 Å². The van der Waals surface area contributed by atoms with Crippen molar-refractivity contribution in [3.05, 3.63) is 35.1 Å². The smallest absolute Gasteiger partial charge is 0.160 e. The molecule has 0 amide bonds. The molecule has 0 radical (unpaired) electrons. The van der Waals surface area contributed by atoms with Gasteiger partial charge in [-0.2, -0.15) is 0 Å². The first-order valence-electron chi connectivity index (χ1n) is 8.74. The van der Waals surface area contributed by atoms with Crippen LogP contribution in [0.4, 0.5) is 0 Å². The Kier molecular flexibility index (Phi) is 7.12. The number of hydrogen-bond acceptors (Lipinski definition) is 2. The zero-order chi connectivity index (χ0) is 16.8. The van der Waals surface area contributed by atoms with Crippen molar-refractivity contribution in [1.29, 1.82) is 0 Å². The van der Waals surface area contributed by atoms with Gasteiger partial charge in [0.25, 0.3) is 0 Å². The number of allylic oxidation sites excluding steroid dienone is 4. The standard InChI is InChI=1S/C20H33NO/c1-7-11-16(12-8-2)19(22)13-18-17(10-4)15(9-3)14-20(5,6)21-18/h9-10,13,16,21H,7-8,11-12,14H2,1-6H3/b15-9-,17-10+,18-13-. The van der Waals surface area contributed by atoms with Crippen molar-refractivity contribution in [3.8, 4) is 0 Å². The first-order valence-corrected chi connectivity index (χ1v) is 8.74. The largest absolute Gasteiger partial charge is 0.379 e. The second kappa shape index (κ2) is 8.36. The van der Waals surface area contributed by atoms with Crippen LogP contribution in [0.25, 0.3) is 0 Å². The number of rotatable bonds is 6. The van der Waals surface area contributed by atoms with Crippen LogP contribution in [0, 0.1) is 5.92 Å². The summed E-state index contributed by atoms with van der Waals surface area (Å²) in [5.74, 6) is 0.445. The van der Waals surface area contributed by atoms with Crippen LogP contribution < -0.4 is 5.32 Å². The average molecular weight is 303 g/mol. The van der Waals surface area contributed by atoms with Crippen molar-refractivity contribution in [2.75, 3.05) is 0 Å². The van der Waals surface area contributed by atoms with Crippen LogP contribution in [-0.2, 0) is 4.79 Å². The molecule has 1 fully saturated rings. The van der Waals surface area contributed by atoms with Crippen LogP contribution in [0.2, 0.25) is 0 Å². The van der Waals surface area contributed by atoms with E-state index >= 15 is 0 Å². The van der Waals surface area contributed by atoms with Gasteiger partial charge in [-0.3, -0.25) is 4.79 Å². The summed E-state index contributed by atoms with van der Waals surface area (Å²) in [6.07, 6.45) is 11.2. The topological polar surface area (TPSA) is 29.1 Å². The number of nitrogens with one attached hydrogen (secondary N) is 1. The molecule has 1 aliphatic rings. The van der Waals surface area contributed by atoms with Crippen LogP contribution in [-0.4, -0.2) is 11.3 Å². The van der Waals surface area contributed by atoms with Crippen molar-refractivity contribution in [2.24, 2.45) is 5.92 Å². The Morgan fingerprint density at radius 3 is 2.23 bits per heavy atom. The van der Waals surface area contributed by atoms with Gasteiger partial charge in [-0.05, 0) is 58.1 Å². The lowest BCUT2D eigenvalue weighted by Crippen LogP contribution is -2.43. The van der Waals surface area contributed by atoms with E-state index in [4.69, 9.17) is 0 Å². The Labute approximate surface area is 136 Å². The lowest BCUT2D eigenvalue weighted by Gasteiger charge is -2.37. The molecule has 0 atom stereocenters. The number of carbonyl (C=O) groups is 1. The van der Waals surface area contributed by atoms with E-state index in [1.807, 2.05) is 13.0 Å². The van der Waals surface area contributed by atoms with Gasteiger partial charge in [0.05, 0.1) is 0 Å². The van der Waals surface area contributed by atoms with Gasteiger partial charge in [0.2, 0.25) is 0 Å². The molecular formula is C20H33NO. The minimum Gasteiger partial charge on any atom is -0.379 e. The van der Waals surface area contributed by atoms with Crippen LogP contribution in [0.1, 0.15) is 73.6 Å². The normalized spacial score (nSPS) is 23.3. The minimum absolute atomic E-state index is 0.00846. The van der Waals surface area contributed by atoms with Crippen LogP contribution in [0.15, 0.2) is 35.1 Å². The van der Waals surface area contributed by atoms with E-state index in [1.165, 1.54) is 11.1 Å². The SMILES string of the molecule is C/C=C1/CC(C)(C)NC(=C\C(=O)C(CCC)CCC)/C1=C/C. The van der Waals surface area contributed by atoms with Crippen LogP contribution in [0.3, 0.4) is 0 Å². The molecule has 0 aromatic heterocycles. The maximum atomic E-state index is 12.7. The zero-order valence-electron chi connectivity index (χ0n) is 15.3. The van der Waals surface area contributed by atoms with E-state index < -0.39 is 0 Å². The Hall–Kier alpha value is -1.31. The van der Waals surface area contributed by atoms with Gasteiger partial charge >= 0.3 is 0 Å². The fourth-order valence-corrected chi connectivity index (χ4v) is 3.32. The van der Waals surface area contributed by atoms with Gasteiger partial charge in [0, 0.05) is 23.2 Å². The van der Waals surface area contributed by atoms with Gasteiger partial charge in [0.1, 0.15) is 0 Å². The van der Waals surface area contributed by atoms with Gasteiger partial charge < -0.3 is 5.32 Å². The molecule has 0 spiro atoms. The molecule has 0 aromatic rings. The highest BCUT2D eigenvalue weighted by molar-refractivity contribution is 5.93. The van der Waals surface area contributed by atoms with E-state index in [-0.39, 0.29) is 17.2 Å². The van der Waals surface area contributed by atoms with Crippen LogP contribution in [0.5, 0.6) is 0 Å². The van der Waals surface area contributed by atoms with Crippen molar-refractivity contribution in [3.63, 3.8) is 0 Å². The van der Waals surface area contributed by atoms with E-state index in [1.54, 1.807) is 0 Å².